The van der Waals surface area contributed by atoms with Crippen LogP contribution in [0.2, 0.25) is 0 Å². The molecule has 168 valence electrons. The maximum absolute atomic E-state index is 13.4. The fourth-order valence-corrected chi connectivity index (χ4v) is 6.53. The van der Waals surface area contributed by atoms with Gasteiger partial charge in [0.05, 0.1) is 33.8 Å². The quantitative estimate of drug-likeness (QED) is 0.402. The predicted molar refractivity (Wildman–Crippen MR) is 122 cm³/mol. The monoisotopic (exact) mass is 475 g/mol. The van der Waals surface area contributed by atoms with Crippen molar-refractivity contribution in [3.63, 3.8) is 0 Å². The SMILES string of the molecule is CCN(C(=O)CSc1nc2ccccc2c(=O)n1-c1ccc(F)cc1)[C@H]1CCS(=O)(=O)C1. The van der Waals surface area contributed by atoms with Crippen LogP contribution in [0.4, 0.5) is 4.39 Å². The van der Waals surface area contributed by atoms with Crippen LogP contribution in [0.3, 0.4) is 0 Å². The van der Waals surface area contributed by atoms with Gasteiger partial charge >= 0.3 is 0 Å². The molecule has 1 atom stereocenters. The Morgan fingerprint density at radius 3 is 2.59 bits per heavy atom. The topological polar surface area (TPSA) is 89.3 Å². The lowest BCUT2D eigenvalue weighted by Gasteiger charge is -2.26. The summed E-state index contributed by atoms with van der Waals surface area (Å²) in [6.07, 6.45) is 0.432. The standard InChI is InChI=1S/C22H22FN3O4S2/c1-2-25(17-11-12-32(29,30)14-17)20(27)13-31-22-24-19-6-4-3-5-18(19)21(28)26(22)16-9-7-15(23)8-10-16/h3-10,17H,2,11-14H2,1H3/t17-/m0/s1. The number of aromatic nitrogens is 2. The lowest BCUT2D eigenvalue weighted by molar-refractivity contribution is -0.129. The average Bonchev–Trinajstić information content (AvgIpc) is 3.13. The molecule has 2 aromatic carbocycles. The average molecular weight is 476 g/mol. The Bertz CT molecular complexity index is 1320. The van der Waals surface area contributed by atoms with Crippen LogP contribution in [0.25, 0.3) is 16.6 Å². The molecule has 1 saturated heterocycles. The summed E-state index contributed by atoms with van der Waals surface area (Å²) in [7, 11) is -3.12. The molecule has 7 nitrogen and oxygen atoms in total. The second-order valence-electron chi connectivity index (χ2n) is 7.55. The molecule has 0 radical (unpaired) electrons. The van der Waals surface area contributed by atoms with Gasteiger partial charge < -0.3 is 4.90 Å². The molecule has 2 heterocycles. The first-order chi connectivity index (χ1) is 15.3. The highest BCUT2D eigenvalue weighted by atomic mass is 32.2. The van der Waals surface area contributed by atoms with Crippen LogP contribution in [-0.4, -0.2) is 58.6 Å². The summed E-state index contributed by atoms with van der Waals surface area (Å²) in [6, 6.07) is 12.1. The first kappa shape index (κ1) is 22.5. The minimum atomic E-state index is -3.12. The third-order valence-corrected chi connectivity index (χ3v) is 8.14. The first-order valence-electron chi connectivity index (χ1n) is 10.2. The molecular weight excluding hydrogens is 453 g/mol. The molecule has 0 saturated carbocycles. The van der Waals surface area contributed by atoms with Crippen molar-refractivity contribution in [1.29, 1.82) is 0 Å². The van der Waals surface area contributed by atoms with Crippen LogP contribution in [0.15, 0.2) is 58.5 Å². The van der Waals surface area contributed by atoms with E-state index in [9.17, 15) is 22.4 Å². The molecule has 1 amide bonds. The van der Waals surface area contributed by atoms with Gasteiger partial charge in [-0.15, -0.1) is 0 Å². The van der Waals surface area contributed by atoms with E-state index in [-0.39, 0.29) is 34.8 Å². The van der Waals surface area contributed by atoms with E-state index in [1.807, 2.05) is 6.92 Å². The van der Waals surface area contributed by atoms with Gasteiger partial charge in [-0.1, -0.05) is 23.9 Å². The predicted octanol–water partition coefficient (Wildman–Crippen LogP) is 2.65. The molecule has 0 aliphatic carbocycles. The zero-order valence-electron chi connectivity index (χ0n) is 17.4. The van der Waals surface area contributed by atoms with E-state index in [2.05, 4.69) is 4.98 Å². The molecule has 1 fully saturated rings. The second-order valence-corrected chi connectivity index (χ2v) is 10.7. The van der Waals surface area contributed by atoms with Gasteiger partial charge in [-0.05, 0) is 49.7 Å². The summed E-state index contributed by atoms with van der Waals surface area (Å²) < 4.78 is 38.5. The van der Waals surface area contributed by atoms with Gasteiger partial charge in [0.25, 0.3) is 5.56 Å². The lowest BCUT2D eigenvalue weighted by atomic mass is 10.2. The number of sulfone groups is 1. The van der Waals surface area contributed by atoms with Gasteiger partial charge in [0.1, 0.15) is 5.82 Å². The summed E-state index contributed by atoms with van der Waals surface area (Å²) >= 11 is 1.10. The number of halogens is 1. The maximum atomic E-state index is 13.4. The fourth-order valence-electron chi connectivity index (χ4n) is 3.90. The van der Waals surface area contributed by atoms with Crippen molar-refractivity contribution in [1.82, 2.24) is 14.5 Å². The normalized spacial score (nSPS) is 17.5. The molecule has 0 N–H and O–H groups in total. The number of nitrogens with zero attached hydrogens (tertiary/aromatic N) is 3. The zero-order valence-corrected chi connectivity index (χ0v) is 19.0. The van der Waals surface area contributed by atoms with E-state index in [0.717, 1.165) is 11.8 Å². The number of para-hydroxylation sites is 1. The number of rotatable bonds is 6. The van der Waals surface area contributed by atoms with Crippen molar-refractivity contribution in [2.24, 2.45) is 0 Å². The Balaban J connectivity index is 1.66. The lowest BCUT2D eigenvalue weighted by Crippen LogP contribution is -2.42. The maximum Gasteiger partial charge on any atom is 0.266 e. The molecule has 1 aliphatic heterocycles. The largest absolute Gasteiger partial charge is 0.338 e. The molecule has 32 heavy (non-hydrogen) atoms. The van der Waals surface area contributed by atoms with E-state index in [4.69, 9.17) is 0 Å². The van der Waals surface area contributed by atoms with Crippen LogP contribution in [0, 0.1) is 5.82 Å². The van der Waals surface area contributed by atoms with Gasteiger partial charge in [-0.3, -0.25) is 14.2 Å². The minimum absolute atomic E-state index is 0.00361. The van der Waals surface area contributed by atoms with Crippen LogP contribution < -0.4 is 5.56 Å². The van der Waals surface area contributed by atoms with E-state index in [1.165, 1.54) is 28.8 Å². The highest BCUT2D eigenvalue weighted by molar-refractivity contribution is 7.99. The van der Waals surface area contributed by atoms with Gasteiger partial charge in [-0.2, -0.15) is 0 Å². The third kappa shape index (κ3) is 4.56. The summed E-state index contributed by atoms with van der Waals surface area (Å²) in [5.41, 5.74) is 0.630. The van der Waals surface area contributed by atoms with Gasteiger partial charge in [0.2, 0.25) is 5.91 Å². The van der Waals surface area contributed by atoms with E-state index < -0.39 is 15.7 Å². The first-order valence-corrected chi connectivity index (χ1v) is 13.0. The Hall–Kier alpha value is -2.72. The van der Waals surface area contributed by atoms with E-state index >= 15 is 0 Å². The number of benzene rings is 2. The molecular formula is C22H22FN3O4S2. The summed E-state index contributed by atoms with van der Waals surface area (Å²) in [5, 5.41) is 0.725. The Morgan fingerprint density at radius 2 is 1.94 bits per heavy atom. The van der Waals surface area contributed by atoms with Gasteiger partial charge in [-0.25, -0.2) is 17.8 Å². The molecule has 10 heteroatoms. The van der Waals surface area contributed by atoms with E-state index in [0.29, 0.717) is 34.7 Å². The Morgan fingerprint density at radius 1 is 1.22 bits per heavy atom. The molecule has 0 unspecified atom stereocenters. The fraction of sp³-hybridized carbons (Fsp3) is 0.318. The van der Waals surface area contributed by atoms with Crippen LogP contribution >= 0.6 is 11.8 Å². The van der Waals surface area contributed by atoms with Gasteiger partial charge in [0.15, 0.2) is 15.0 Å². The van der Waals surface area contributed by atoms with Crippen molar-refractivity contribution < 1.29 is 17.6 Å². The summed E-state index contributed by atoms with van der Waals surface area (Å²) in [5.74, 6) is -0.578. The van der Waals surface area contributed by atoms with Crippen molar-refractivity contribution in [2.45, 2.75) is 24.5 Å². The summed E-state index contributed by atoms with van der Waals surface area (Å²) in [4.78, 5) is 32.3. The van der Waals surface area contributed by atoms with Crippen molar-refractivity contribution in [3.8, 4) is 5.69 Å². The molecule has 0 bridgehead atoms. The molecule has 0 spiro atoms. The van der Waals surface area contributed by atoms with Gasteiger partial charge in [0, 0.05) is 12.6 Å². The molecule has 4 rings (SSSR count). The smallest absolute Gasteiger partial charge is 0.266 e. The van der Waals surface area contributed by atoms with Crippen molar-refractivity contribution >= 4 is 38.4 Å². The third-order valence-electron chi connectivity index (χ3n) is 5.46. The van der Waals surface area contributed by atoms with Crippen LogP contribution in [-0.2, 0) is 14.6 Å². The minimum Gasteiger partial charge on any atom is -0.338 e. The Labute approximate surface area is 189 Å². The van der Waals surface area contributed by atoms with Crippen LogP contribution in [0.1, 0.15) is 13.3 Å². The number of thioether (sulfide) groups is 1. The number of amides is 1. The number of fused-ring (bicyclic) bond motifs is 1. The highest BCUT2D eigenvalue weighted by Crippen LogP contribution is 2.24. The Kier molecular flexibility index (Phi) is 6.34. The molecule has 3 aromatic rings. The van der Waals surface area contributed by atoms with Crippen LogP contribution in [0.5, 0.6) is 0 Å². The molecule has 1 aliphatic rings. The molecule has 1 aromatic heterocycles. The highest BCUT2D eigenvalue weighted by Gasteiger charge is 2.34. The van der Waals surface area contributed by atoms with E-state index in [1.54, 1.807) is 29.2 Å². The van der Waals surface area contributed by atoms with Crippen molar-refractivity contribution in [3.05, 3.63) is 64.7 Å². The number of hydrogen-bond acceptors (Lipinski definition) is 6. The number of carbonyl (C=O) groups is 1. The second kappa shape index (κ2) is 9.03. The summed E-state index contributed by atoms with van der Waals surface area (Å²) in [6.45, 7) is 2.21. The zero-order chi connectivity index (χ0) is 22.9. The number of hydrogen-bond donors (Lipinski definition) is 0. The number of carbonyl (C=O) groups excluding carboxylic acids is 1. The van der Waals surface area contributed by atoms with Crippen molar-refractivity contribution in [2.75, 3.05) is 23.8 Å².